The van der Waals surface area contributed by atoms with Crippen LogP contribution in [0.1, 0.15) is 12.5 Å². The topological polar surface area (TPSA) is 41.5 Å². The molecular weight excluding hydrogens is 226 g/mol. The predicted octanol–water partition coefficient (Wildman–Crippen LogP) is 2.00. The molecule has 4 heteroatoms. The van der Waals surface area contributed by atoms with Crippen LogP contribution in [0.3, 0.4) is 0 Å². The van der Waals surface area contributed by atoms with Crippen LogP contribution in [-0.2, 0) is 0 Å². The third-order valence-electron chi connectivity index (χ3n) is 2.28. The molecule has 0 aromatic heterocycles. The van der Waals surface area contributed by atoms with Gasteiger partial charge in [0.1, 0.15) is 18.5 Å². The Hall–Kier alpha value is -0.770. The molecule has 0 fully saturated rings. The standard InChI is InChI=1S/C12H18ClNO2/c1-3-14-7-10(15)8-16-12-6-4-5-11(13)9(12)2/h4-6,10,14-15H,3,7-8H2,1-2H3. The molecule has 0 saturated heterocycles. The lowest BCUT2D eigenvalue weighted by atomic mass is 10.2. The molecule has 0 spiro atoms. The summed E-state index contributed by atoms with van der Waals surface area (Å²) in [6, 6.07) is 5.50. The molecular formula is C12H18ClNO2. The molecule has 16 heavy (non-hydrogen) atoms. The minimum absolute atomic E-state index is 0.272. The monoisotopic (exact) mass is 243 g/mol. The summed E-state index contributed by atoms with van der Waals surface area (Å²) in [7, 11) is 0. The molecule has 0 aliphatic carbocycles. The van der Waals surface area contributed by atoms with Crippen LogP contribution in [0, 0.1) is 6.92 Å². The molecule has 90 valence electrons. The minimum atomic E-state index is -0.502. The first-order valence-electron chi connectivity index (χ1n) is 5.41. The summed E-state index contributed by atoms with van der Waals surface area (Å²) < 4.78 is 5.50. The molecule has 0 aliphatic rings. The molecule has 0 saturated carbocycles. The number of aliphatic hydroxyl groups is 1. The van der Waals surface area contributed by atoms with Crippen LogP contribution in [0.2, 0.25) is 5.02 Å². The Morgan fingerprint density at radius 2 is 2.25 bits per heavy atom. The van der Waals surface area contributed by atoms with Crippen molar-refractivity contribution < 1.29 is 9.84 Å². The quantitative estimate of drug-likeness (QED) is 0.803. The maximum atomic E-state index is 9.58. The highest BCUT2D eigenvalue weighted by Gasteiger charge is 2.07. The van der Waals surface area contributed by atoms with Gasteiger partial charge < -0.3 is 15.2 Å². The molecule has 1 aromatic rings. The third kappa shape index (κ3) is 4.00. The number of likely N-dealkylation sites (N-methyl/N-ethyl adjacent to an activating group) is 1. The molecule has 2 N–H and O–H groups in total. The van der Waals surface area contributed by atoms with E-state index in [9.17, 15) is 5.11 Å². The second kappa shape index (κ2) is 6.74. The van der Waals surface area contributed by atoms with Crippen LogP contribution in [-0.4, -0.2) is 30.9 Å². The van der Waals surface area contributed by atoms with Gasteiger partial charge in [-0.1, -0.05) is 24.6 Å². The molecule has 1 rings (SSSR count). The fourth-order valence-corrected chi connectivity index (χ4v) is 1.47. The van der Waals surface area contributed by atoms with Crippen molar-refractivity contribution in [2.24, 2.45) is 0 Å². The summed E-state index contributed by atoms with van der Waals surface area (Å²) in [4.78, 5) is 0. The molecule has 0 bridgehead atoms. The van der Waals surface area contributed by atoms with Crippen molar-refractivity contribution in [1.82, 2.24) is 5.32 Å². The second-order valence-electron chi connectivity index (χ2n) is 3.64. The zero-order chi connectivity index (χ0) is 12.0. The van der Waals surface area contributed by atoms with Crippen LogP contribution >= 0.6 is 11.6 Å². The first-order valence-corrected chi connectivity index (χ1v) is 5.79. The van der Waals surface area contributed by atoms with Gasteiger partial charge in [-0.2, -0.15) is 0 Å². The van der Waals surface area contributed by atoms with E-state index in [0.29, 0.717) is 11.6 Å². The summed E-state index contributed by atoms with van der Waals surface area (Å²) in [6.07, 6.45) is -0.502. The average molecular weight is 244 g/mol. The molecule has 0 amide bonds. The zero-order valence-electron chi connectivity index (χ0n) is 9.66. The molecule has 3 nitrogen and oxygen atoms in total. The van der Waals surface area contributed by atoms with Gasteiger partial charge in [0.15, 0.2) is 0 Å². The molecule has 1 unspecified atom stereocenters. The van der Waals surface area contributed by atoms with Crippen molar-refractivity contribution >= 4 is 11.6 Å². The number of halogens is 1. The number of ether oxygens (including phenoxy) is 1. The number of nitrogens with one attached hydrogen (secondary N) is 1. The predicted molar refractivity (Wildman–Crippen MR) is 66.2 cm³/mol. The number of benzene rings is 1. The van der Waals surface area contributed by atoms with E-state index in [4.69, 9.17) is 16.3 Å². The molecule has 0 heterocycles. The van der Waals surface area contributed by atoms with Crippen molar-refractivity contribution in [3.05, 3.63) is 28.8 Å². The van der Waals surface area contributed by atoms with Crippen molar-refractivity contribution in [1.29, 1.82) is 0 Å². The highest BCUT2D eigenvalue weighted by atomic mass is 35.5. The lowest BCUT2D eigenvalue weighted by molar-refractivity contribution is 0.106. The van der Waals surface area contributed by atoms with Crippen molar-refractivity contribution in [3.8, 4) is 5.75 Å². The van der Waals surface area contributed by atoms with Gasteiger partial charge in [0.05, 0.1) is 0 Å². The highest BCUT2D eigenvalue weighted by molar-refractivity contribution is 6.31. The molecule has 1 aromatic carbocycles. The Labute approximate surface area is 101 Å². The first kappa shape index (κ1) is 13.3. The van der Waals surface area contributed by atoms with Gasteiger partial charge in [-0.15, -0.1) is 0 Å². The summed E-state index contributed by atoms with van der Waals surface area (Å²) in [5, 5.41) is 13.3. The van der Waals surface area contributed by atoms with Crippen molar-refractivity contribution in [2.45, 2.75) is 20.0 Å². The van der Waals surface area contributed by atoms with Crippen LogP contribution in [0.15, 0.2) is 18.2 Å². The minimum Gasteiger partial charge on any atom is -0.491 e. The van der Waals surface area contributed by atoms with E-state index in [1.54, 1.807) is 0 Å². The van der Waals surface area contributed by atoms with Crippen LogP contribution in [0.4, 0.5) is 0 Å². The lowest BCUT2D eigenvalue weighted by Crippen LogP contribution is -2.31. The largest absolute Gasteiger partial charge is 0.491 e. The Balaban J connectivity index is 2.45. The smallest absolute Gasteiger partial charge is 0.123 e. The number of hydrogen-bond donors (Lipinski definition) is 2. The van der Waals surface area contributed by atoms with E-state index >= 15 is 0 Å². The summed E-state index contributed by atoms with van der Waals surface area (Å²) in [6.45, 7) is 5.54. The van der Waals surface area contributed by atoms with Crippen molar-refractivity contribution in [3.63, 3.8) is 0 Å². The van der Waals surface area contributed by atoms with Gasteiger partial charge in [0.25, 0.3) is 0 Å². The Kier molecular flexibility index (Phi) is 5.60. The van der Waals surface area contributed by atoms with E-state index in [1.807, 2.05) is 32.0 Å². The zero-order valence-corrected chi connectivity index (χ0v) is 10.4. The summed E-state index contributed by atoms with van der Waals surface area (Å²) in [5.74, 6) is 0.725. The molecule has 1 atom stereocenters. The van der Waals surface area contributed by atoms with Crippen LogP contribution in [0.5, 0.6) is 5.75 Å². The Bertz CT molecular complexity index is 331. The van der Waals surface area contributed by atoms with Gasteiger partial charge in [0, 0.05) is 17.1 Å². The number of rotatable bonds is 6. The van der Waals surface area contributed by atoms with E-state index in [0.717, 1.165) is 17.9 Å². The Morgan fingerprint density at radius 1 is 1.50 bits per heavy atom. The van der Waals surface area contributed by atoms with E-state index < -0.39 is 6.10 Å². The highest BCUT2D eigenvalue weighted by Crippen LogP contribution is 2.24. The SMILES string of the molecule is CCNCC(O)COc1cccc(Cl)c1C. The van der Waals surface area contributed by atoms with Crippen LogP contribution in [0.25, 0.3) is 0 Å². The van der Waals surface area contributed by atoms with E-state index in [2.05, 4.69) is 5.32 Å². The van der Waals surface area contributed by atoms with Gasteiger partial charge in [-0.25, -0.2) is 0 Å². The molecule has 0 radical (unpaired) electrons. The fraction of sp³-hybridized carbons (Fsp3) is 0.500. The van der Waals surface area contributed by atoms with Crippen LogP contribution < -0.4 is 10.1 Å². The number of hydrogen-bond acceptors (Lipinski definition) is 3. The molecule has 0 aliphatic heterocycles. The van der Waals surface area contributed by atoms with Gasteiger partial charge in [-0.3, -0.25) is 0 Å². The number of aliphatic hydroxyl groups excluding tert-OH is 1. The van der Waals surface area contributed by atoms with E-state index in [-0.39, 0.29) is 6.61 Å². The second-order valence-corrected chi connectivity index (χ2v) is 4.04. The Morgan fingerprint density at radius 3 is 2.94 bits per heavy atom. The van der Waals surface area contributed by atoms with Gasteiger partial charge >= 0.3 is 0 Å². The lowest BCUT2D eigenvalue weighted by Gasteiger charge is -2.14. The summed E-state index contributed by atoms with van der Waals surface area (Å²) in [5.41, 5.74) is 0.903. The van der Waals surface area contributed by atoms with E-state index in [1.165, 1.54) is 0 Å². The fourth-order valence-electron chi connectivity index (χ4n) is 1.30. The maximum absolute atomic E-state index is 9.58. The maximum Gasteiger partial charge on any atom is 0.123 e. The average Bonchev–Trinajstić information content (AvgIpc) is 2.28. The van der Waals surface area contributed by atoms with Gasteiger partial charge in [-0.05, 0) is 25.6 Å². The van der Waals surface area contributed by atoms with Gasteiger partial charge in [0.2, 0.25) is 0 Å². The van der Waals surface area contributed by atoms with Crippen molar-refractivity contribution in [2.75, 3.05) is 19.7 Å². The first-order chi connectivity index (χ1) is 7.65. The summed E-state index contributed by atoms with van der Waals surface area (Å²) >= 11 is 5.96. The normalized spacial score (nSPS) is 12.5. The third-order valence-corrected chi connectivity index (χ3v) is 2.69.